The quantitative estimate of drug-likeness (QED) is 0.372. The van der Waals surface area contributed by atoms with E-state index in [0.29, 0.717) is 34.1 Å². The highest BCUT2D eigenvalue weighted by Gasteiger charge is 2.38. The molecule has 1 N–H and O–H groups in total. The number of Topliss-reactive ketones (excluding diaryl/α,β-unsaturated/α-hetero) is 1. The molecule has 0 saturated heterocycles. The first kappa shape index (κ1) is 18.5. The average Bonchev–Trinajstić information content (AvgIpc) is 3.37. The van der Waals surface area contributed by atoms with Crippen molar-refractivity contribution in [1.82, 2.24) is 0 Å². The van der Waals surface area contributed by atoms with Crippen molar-refractivity contribution in [1.29, 1.82) is 0 Å². The van der Waals surface area contributed by atoms with Gasteiger partial charge in [-0.3, -0.25) is 9.59 Å². The number of fused-ring (bicyclic) bond motifs is 4. The van der Waals surface area contributed by atoms with Crippen molar-refractivity contribution in [2.24, 2.45) is 0 Å². The number of rotatable bonds is 2. The molecule has 3 aromatic rings. The molecule has 0 spiro atoms. The van der Waals surface area contributed by atoms with E-state index in [1.54, 1.807) is 48.5 Å². The summed E-state index contributed by atoms with van der Waals surface area (Å²) in [6.45, 7) is 0.164. The fraction of sp³-hybridized carbons (Fsp3) is 0.120. The molecule has 158 valence electrons. The monoisotopic (exact) mass is 428 g/mol. The number of benzene rings is 3. The van der Waals surface area contributed by atoms with Crippen LogP contribution in [0.1, 0.15) is 39.4 Å². The standard InChI is InChI=1S/C25H16O7/c26-15-3-1-2-14(10-15)17-11-22(27)31-19-7-5-16-24(28)21(32-25(16)23(17)19)9-13-4-6-18-20(8-13)30-12-29-18/h1-10,17,26H,11-12H2. The maximum Gasteiger partial charge on any atom is 0.312 e. The second-order valence-corrected chi connectivity index (χ2v) is 7.73. The first-order chi connectivity index (χ1) is 15.6. The van der Waals surface area contributed by atoms with E-state index in [4.69, 9.17) is 18.9 Å². The van der Waals surface area contributed by atoms with Crippen molar-refractivity contribution in [3.63, 3.8) is 0 Å². The number of ether oxygens (including phenoxy) is 4. The number of hydrogen-bond donors (Lipinski definition) is 1. The Morgan fingerprint density at radius 3 is 2.62 bits per heavy atom. The van der Waals surface area contributed by atoms with Crippen LogP contribution in [0.4, 0.5) is 0 Å². The summed E-state index contributed by atoms with van der Waals surface area (Å²) in [5.74, 6) is 1.19. The van der Waals surface area contributed by atoms with Crippen LogP contribution in [-0.4, -0.2) is 23.7 Å². The van der Waals surface area contributed by atoms with Gasteiger partial charge in [0.25, 0.3) is 0 Å². The summed E-state index contributed by atoms with van der Waals surface area (Å²) in [5, 5.41) is 9.94. The Kier molecular flexibility index (Phi) is 3.98. The molecule has 0 fully saturated rings. The summed E-state index contributed by atoms with van der Waals surface area (Å²) >= 11 is 0. The van der Waals surface area contributed by atoms with Gasteiger partial charge in [0.1, 0.15) is 17.2 Å². The number of phenols is 1. The highest BCUT2D eigenvalue weighted by molar-refractivity contribution is 6.15. The predicted molar refractivity (Wildman–Crippen MR) is 112 cm³/mol. The number of allylic oxidation sites excluding steroid dienone is 1. The van der Waals surface area contributed by atoms with Crippen LogP contribution in [0.2, 0.25) is 0 Å². The average molecular weight is 428 g/mol. The van der Waals surface area contributed by atoms with Crippen molar-refractivity contribution >= 4 is 17.8 Å². The zero-order chi connectivity index (χ0) is 21.8. The SMILES string of the molecule is O=C1CC(c2cccc(O)c2)c2c(ccc3c2OC(=Cc2ccc4c(c2)OCO4)C3=O)O1. The van der Waals surface area contributed by atoms with Crippen LogP contribution in [0.5, 0.6) is 28.7 Å². The van der Waals surface area contributed by atoms with Gasteiger partial charge in [-0.2, -0.15) is 0 Å². The molecule has 6 rings (SSSR count). The molecule has 3 heterocycles. The fourth-order valence-electron chi connectivity index (χ4n) is 4.29. The molecule has 0 bridgehead atoms. The largest absolute Gasteiger partial charge is 0.508 e. The van der Waals surface area contributed by atoms with Gasteiger partial charge in [-0.1, -0.05) is 18.2 Å². The smallest absolute Gasteiger partial charge is 0.312 e. The molecule has 3 aliphatic heterocycles. The van der Waals surface area contributed by atoms with E-state index in [9.17, 15) is 14.7 Å². The van der Waals surface area contributed by atoms with Gasteiger partial charge >= 0.3 is 5.97 Å². The lowest BCUT2D eigenvalue weighted by molar-refractivity contribution is -0.135. The summed E-state index contributed by atoms with van der Waals surface area (Å²) in [4.78, 5) is 25.3. The summed E-state index contributed by atoms with van der Waals surface area (Å²) in [7, 11) is 0. The highest BCUT2D eigenvalue weighted by Crippen LogP contribution is 2.49. The third-order valence-corrected chi connectivity index (χ3v) is 5.75. The van der Waals surface area contributed by atoms with Gasteiger partial charge < -0.3 is 24.1 Å². The lowest BCUT2D eigenvalue weighted by Gasteiger charge is -2.26. The maximum atomic E-state index is 13.1. The molecule has 0 aliphatic carbocycles. The Balaban J connectivity index is 1.43. The predicted octanol–water partition coefficient (Wildman–Crippen LogP) is 4.18. The number of phenolic OH excluding ortho intramolecular Hbond substituents is 1. The minimum absolute atomic E-state index is 0.0751. The van der Waals surface area contributed by atoms with E-state index in [1.807, 2.05) is 12.1 Å². The van der Waals surface area contributed by atoms with E-state index in [1.165, 1.54) is 0 Å². The van der Waals surface area contributed by atoms with Crippen molar-refractivity contribution in [3.05, 3.63) is 82.6 Å². The summed E-state index contributed by atoms with van der Waals surface area (Å²) in [5.41, 5.74) is 2.49. The molecule has 3 aliphatic rings. The van der Waals surface area contributed by atoms with Crippen molar-refractivity contribution in [2.75, 3.05) is 6.79 Å². The van der Waals surface area contributed by atoms with Crippen LogP contribution < -0.4 is 18.9 Å². The van der Waals surface area contributed by atoms with E-state index >= 15 is 0 Å². The number of ketones is 1. The molecule has 1 unspecified atom stereocenters. The number of carbonyl (C=O) groups excluding carboxylic acids is 2. The summed E-state index contributed by atoms with van der Waals surface area (Å²) < 4.78 is 22.2. The molecule has 0 aromatic heterocycles. The van der Waals surface area contributed by atoms with Gasteiger partial charge in [-0.25, -0.2) is 0 Å². The van der Waals surface area contributed by atoms with Crippen LogP contribution in [0, 0.1) is 0 Å². The van der Waals surface area contributed by atoms with Crippen LogP contribution in [0.25, 0.3) is 6.08 Å². The van der Waals surface area contributed by atoms with Gasteiger partial charge in [0.15, 0.2) is 17.3 Å². The topological polar surface area (TPSA) is 91.3 Å². The molecular formula is C25H16O7. The van der Waals surface area contributed by atoms with E-state index in [2.05, 4.69) is 0 Å². The third-order valence-electron chi connectivity index (χ3n) is 5.75. The molecule has 32 heavy (non-hydrogen) atoms. The van der Waals surface area contributed by atoms with Crippen molar-refractivity contribution in [2.45, 2.75) is 12.3 Å². The van der Waals surface area contributed by atoms with Crippen LogP contribution in [0.15, 0.2) is 60.4 Å². The fourth-order valence-corrected chi connectivity index (χ4v) is 4.29. The number of aromatic hydroxyl groups is 1. The van der Waals surface area contributed by atoms with Gasteiger partial charge in [0.2, 0.25) is 12.6 Å². The number of carbonyl (C=O) groups is 2. The first-order valence-electron chi connectivity index (χ1n) is 10.1. The lowest BCUT2D eigenvalue weighted by atomic mass is 9.84. The Hall–Kier alpha value is -4.26. The van der Waals surface area contributed by atoms with Crippen LogP contribution >= 0.6 is 0 Å². The second kappa shape index (κ2) is 6.88. The Morgan fingerprint density at radius 2 is 1.75 bits per heavy atom. The Morgan fingerprint density at radius 1 is 0.906 bits per heavy atom. The second-order valence-electron chi connectivity index (χ2n) is 7.73. The first-order valence-corrected chi connectivity index (χ1v) is 10.1. The Bertz CT molecular complexity index is 1340. The van der Waals surface area contributed by atoms with Gasteiger partial charge in [-0.05, 0) is 53.6 Å². The minimum Gasteiger partial charge on any atom is -0.508 e. The minimum atomic E-state index is -0.411. The highest BCUT2D eigenvalue weighted by atomic mass is 16.7. The summed E-state index contributed by atoms with van der Waals surface area (Å²) in [6.07, 6.45) is 1.72. The molecular weight excluding hydrogens is 412 g/mol. The van der Waals surface area contributed by atoms with E-state index < -0.39 is 5.92 Å². The van der Waals surface area contributed by atoms with Gasteiger partial charge in [-0.15, -0.1) is 0 Å². The van der Waals surface area contributed by atoms with Crippen molar-refractivity contribution in [3.8, 4) is 28.7 Å². The maximum absolute atomic E-state index is 13.1. The molecule has 7 nitrogen and oxygen atoms in total. The van der Waals surface area contributed by atoms with Gasteiger partial charge in [0, 0.05) is 11.5 Å². The van der Waals surface area contributed by atoms with E-state index in [-0.39, 0.29) is 36.5 Å². The molecule has 0 saturated carbocycles. The number of hydrogen-bond acceptors (Lipinski definition) is 7. The molecule has 0 radical (unpaired) electrons. The number of esters is 1. The van der Waals surface area contributed by atoms with E-state index in [0.717, 1.165) is 11.1 Å². The van der Waals surface area contributed by atoms with Gasteiger partial charge in [0.05, 0.1) is 12.0 Å². The van der Waals surface area contributed by atoms with Crippen LogP contribution in [0.3, 0.4) is 0 Å². The molecule has 7 heteroatoms. The third kappa shape index (κ3) is 2.90. The molecule has 0 amide bonds. The summed E-state index contributed by atoms with van der Waals surface area (Å²) in [6, 6.07) is 15.3. The molecule has 1 atom stereocenters. The van der Waals surface area contributed by atoms with Crippen LogP contribution in [-0.2, 0) is 4.79 Å². The molecule has 3 aromatic carbocycles. The zero-order valence-electron chi connectivity index (χ0n) is 16.7. The Labute approximate surface area is 182 Å². The lowest BCUT2D eigenvalue weighted by Crippen LogP contribution is -2.21. The zero-order valence-corrected chi connectivity index (χ0v) is 16.7. The van der Waals surface area contributed by atoms with Crippen molar-refractivity contribution < 1.29 is 33.6 Å². The normalized spacial score (nSPS) is 19.4.